The highest BCUT2D eigenvalue weighted by molar-refractivity contribution is 6.52. The summed E-state index contributed by atoms with van der Waals surface area (Å²) >= 11 is 0. The van der Waals surface area contributed by atoms with E-state index in [9.17, 15) is 23.2 Å². The van der Waals surface area contributed by atoms with Gasteiger partial charge in [0, 0.05) is 19.0 Å². The molecule has 2 rings (SSSR count). The maximum Gasteiger partial charge on any atom is 0.299 e. The Morgan fingerprint density at radius 3 is 2.63 bits per heavy atom. The fraction of sp³-hybridized carbons (Fsp3) is 0.182. The van der Waals surface area contributed by atoms with Crippen molar-refractivity contribution in [2.24, 2.45) is 5.84 Å². The molecule has 1 aromatic carbocycles. The molecule has 2 amide bonds. The van der Waals surface area contributed by atoms with Gasteiger partial charge < -0.3 is 4.90 Å². The number of fused-ring (bicyclic) bond motifs is 1. The number of Topliss-reactive ketones (excluding diaryl/α,β-unsaturated/α-hetero) is 1. The standard InChI is InChI=1S/C11H9F2N3O3/c12-5-3-6-9(7(13)4-5)16(11(19)10(6)18)2-1-8(17)15-14/h3-4H,1-2,14H2,(H,15,17). The largest absolute Gasteiger partial charge is 0.302 e. The maximum absolute atomic E-state index is 13.6. The zero-order chi connectivity index (χ0) is 14.2. The summed E-state index contributed by atoms with van der Waals surface area (Å²) in [5, 5.41) is 0. The number of nitrogens with two attached hydrogens (primary N) is 1. The molecule has 1 heterocycles. The number of benzene rings is 1. The van der Waals surface area contributed by atoms with Crippen LogP contribution in [0.5, 0.6) is 0 Å². The zero-order valence-corrected chi connectivity index (χ0v) is 9.57. The Morgan fingerprint density at radius 2 is 2.00 bits per heavy atom. The van der Waals surface area contributed by atoms with Gasteiger partial charge in [0.2, 0.25) is 5.91 Å². The highest BCUT2D eigenvalue weighted by Gasteiger charge is 2.38. The lowest BCUT2D eigenvalue weighted by molar-refractivity contribution is -0.121. The van der Waals surface area contributed by atoms with Crippen molar-refractivity contribution < 1.29 is 23.2 Å². The minimum atomic E-state index is -1.03. The van der Waals surface area contributed by atoms with Crippen LogP contribution in [0.3, 0.4) is 0 Å². The molecule has 100 valence electrons. The van der Waals surface area contributed by atoms with E-state index in [1.165, 1.54) is 0 Å². The van der Waals surface area contributed by atoms with Crippen LogP contribution in [0.25, 0.3) is 0 Å². The predicted molar refractivity (Wildman–Crippen MR) is 60.0 cm³/mol. The molecule has 1 aromatic rings. The minimum absolute atomic E-state index is 0.203. The molecule has 6 nitrogen and oxygen atoms in total. The first-order valence-electron chi connectivity index (χ1n) is 5.30. The van der Waals surface area contributed by atoms with Gasteiger partial charge in [0.25, 0.3) is 11.7 Å². The molecule has 0 atom stereocenters. The summed E-state index contributed by atoms with van der Waals surface area (Å²) in [6.07, 6.45) is -0.203. The first-order chi connectivity index (χ1) is 8.95. The van der Waals surface area contributed by atoms with E-state index in [-0.39, 0.29) is 24.2 Å². The minimum Gasteiger partial charge on any atom is -0.302 e. The van der Waals surface area contributed by atoms with E-state index >= 15 is 0 Å². The Labute approximate surface area is 106 Å². The fourth-order valence-electron chi connectivity index (χ4n) is 1.85. The number of halogens is 2. The Balaban J connectivity index is 2.36. The molecule has 1 aliphatic heterocycles. The van der Waals surface area contributed by atoms with Crippen LogP contribution >= 0.6 is 0 Å². The quantitative estimate of drug-likeness (QED) is 0.346. The first kappa shape index (κ1) is 13.1. The van der Waals surface area contributed by atoms with Gasteiger partial charge in [-0.15, -0.1) is 0 Å². The van der Waals surface area contributed by atoms with Crippen molar-refractivity contribution in [1.29, 1.82) is 0 Å². The van der Waals surface area contributed by atoms with Crippen molar-refractivity contribution in [3.8, 4) is 0 Å². The topological polar surface area (TPSA) is 92.5 Å². The lowest BCUT2D eigenvalue weighted by atomic mass is 10.1. The maximum atomic E-state index is 13.6. The van der Waals surface area contributed by atoms with E-state index in [1.54, 1.807) is 0 Å². The van der Waals surface area contributed by atoms with Crippen LogP contribution in [0.4, 0.5) is 14.5 Å². The second-order valence-electron chi connectivity index (χ2n) is 3.89. The number of hydrogen-bond donors (Lipinski definition) is 2. The third-order valence-electron chi connectivity index (χ3n) is 2.71. The Morgan fingerprint density at radius 1 is 1.32 bits per heavy atom. The smallest absolute Gasteiger partial charge is 0.299 e. The van der Waals surface area contributed by atoms with Crippen LogP contribution in [-0.2, 0) is 9.59 Å². The van der Waals surface area contributed by atoms with E-state index < -0.39 is 29.2 Å². The van der Waals surface area contributed by atoms with Crippen LogP contribution in [0.2, 0.25) is 0 Å². The number of carbonyl (C=O) groups excluding carboxylic acids is 3. The molecular weight excluding hydrogens is 260 g/mol. The average Bonchev–Trinajstić information content (AvgIpc) is 2.60. The summed E-state index contributed by atoms with van der Waals surface area (Å²) in [4.78, 5) is 35.0. The van der Waals surface area contributed by atoms with Gasteiger partial charge in [0.05, 0.1) is 11.3 Å². The van der Waals surface area contributed by atoms with Crippen LogP contribution < -0.4 is 16.2 Å². The molecule has 0 radical (unpaired) electrons. The molecule has 0 unspecified atom stereocenters. The summed E-state index contributed by atoms with van der Waals surface area (Å²) in [6.45, 7) is -0.219. The summed E-state index contributed by atoms with van der Waals surface area (Å²) < 4.78 is 26.7. The second-order valence-corrected chi connectivity index (χ2v) is 3.89. The number of rotatable bonds is 3. The molecule has 1 aliphatic rings. The highest BCUT2D eigenvalue weighted by atomic mass is 19.1. The van der Waals surface area contributed by atoms with Crippen molar-refractivity contribution in [2.45, 2.75) is 6.42 Å². The molecular formula is C11H9F2N3O3. The lowest BCUT2D eigenvalue weighted by Crippen LogP contribution is -2.36. The van der Waals surface area contributed by atoms with Crippen molar-refractivity contribution in [3.05, 3.63) is 29.3 Å². The lowest BCUT2D eigenvalue weighted by Gasteiger charge is -2.16. The number of ketones is 1. The van der Waals surface area contributed by atoms with Gasteiger partial charge in [-0.25, -0.2) is 14.6 Å². The third-order valence-corrected chi connectivity index (χ3v) is 2.71. The molecule has 0 aliphatic carbocycles. The molecule has 0 spiro atoms. The van der Waals surface area contributed by atoms with Gasteiger partial charge in [-0.05, 0) is 6.07 Å². The molecule has 3 N–H and O–H groups in total. The Hall–Kier alpha value is -2.35. The van der Waals surface area contributed by atoms with Crippen LogP contribution in [0.15, 0.2) is 12.1 Å². The number of anilines is 1. The average molecular weight is 269 g/mol. The van der Waals surface area contributed by atoms with E-state index in [0.717, 1.165) is 11.0 Å². The number of nitrogens with zero attached hydrogens (tertiary/aromatic N) is 1. The molecule has 8 heteroatoms. The summed E-state index contributed by atoms with van der Waals surface area (Å²) in [6, 6.07) is 1.36. The van der Waals surface area contributed by atoms with E-state index in [0.29, 0.717) is 6.07 Å². The van der Waals surface area contributed by atoms with Crippen molar-refractivity contribution >= 4 is 23.3 Å². The number of hydrazine groups is 1. The van der Waals surface area contributed by atoms with Crippen molar-refractivity contribution in [2.75, 3.05) is 11.4 Å². The highest BCUT2D eigenvalue weighted by Crippen LogP contribution is 2.32. The van der Waals surface area contributed by atoms with E-state index in [4.69, 9.17) is 5.84 Å². The molecule has 0 saturated heterocycles. The molecule has 0 bridgehead atoms. The second kappa shape index (κ2) is 4.73. The number of carbonyl (C=O) groups is 3. The van der Waals surface area contributed by atoms with Gasteiger partial charge in [0.1, 0.15) is 5.82 Å². The number of nitrogens with one attached hydrogen (secondary N) is 1. The van der Waals surface area contributed by atoms with Gasteiger partial charge in [-0.2, -0.15) is 0 Å². The first-order valence-corrected chi connectivity index (χ1v) is 5.30. The molecule has 19 heavy (non-hydrogen) atoms. The normalized spacial score (nSPS) is 13.7. The van der Waals surface area contributed by atoms with E-state index in [2.05, 4.69) is 0 Å². The van der Waals surface area contributed by atoms with Crippen LogP contribution in [0, 0.1) is 11.6 Å². The monoisotopic (exact) mass is 269 g/mol. The number of hydrogen-bond acceptors (Lipinski definition) is 4. The van der Waals surface area contributed by atoms with Gasteiger partial charge >= 0.3 is 0 Å². The summed E-state index contributed by atoms with van der Waals surface area (Å²) in [5.74, 6) is 0.331. The van der Waals surface area contributed by atoms with Crippen molar-refractivity contribution in [1.82, 2.24) is 5.43 Å². The summed E-state index contributed by atoms with van der Waals surface area (Å²) in [5.41, 5.74) is 1.21. The van der Waals surface area contributed by atoms with Gasteiger partial charge in [-0.3, -0.25) is 19.8 Å². The molecule has 0 aromatic heterocycles. The van der Waals surface area contributed by atoms with Crippen LogP contribution in [0.1, 0.15) is 16.8 Å². The molecule has 0 saturated carbocycles. The van der Waals surface area contributed by atoms with Gasteiger partial charge in [-0.1, -0.05) is 0 Å². The molecule has 0 fully saturated rings. The Bertz CT molecular complexity index is 589. The third kappa shape index (κ3) is 2.17. The Kier molecular flexibility index (Phi) is 3.26. The van der Waals surface area contributed by atoms with Gasteiger partial charge in [0.15, 0.2) is 5.82 Å². The summed E-state index contributed by atoms with van der Waals surface area (Å²) in [7, 11) is 0. The number of amides is 2. The SMILES string of the molecule is NNC(=O)CCN1C(=O)C(=O)c2cc(F)cc(F)c21. The zero-order valence-electron chi connectivity index (χ0n) is 9.57. The fourth-order valence-corrected chi connectivity index (χ4v) is 1.85. The van der Waals surface area contributed by atoms with Crippen LogP contribution in [-0.4, -0.2) is 24.1 Å². The van der Waals surface area contributed by atoms with E-state index in [1.807, 2.05) is 5.43 Å². The van der Waals surface area contributed by atoms with Crippen molar-refractivity contribution in [3.63, 3.8) is 0 Å². The predicted octanol–water partition coefficient (Wildman–Crippen LogP) is -0.126.